The van der Waals surface area contributed by atoms with Gasteiger partial charge in [-0.05, 0) is 36.6 Å². The Labute approximate surface area is 127 Å². The molecule has 0 amide bonds. The first-order valence-corrected chi connectivity index (χ1v) is 7.86. The number of hydrogen-bond donors (Lipinski definition) is 1. The monoisotopic (exact) mass is 284 g/mol. The summed E-state index contributed by atoms with van der Waals surface area (Å²) in [5, 5.41) is 3.39. The predicted octanol–water partition coefficient (Wildman–Crippen LogP) is 3.73. The zero-order chi connectivity index (χ0) is 14.7. The number of benzene rings is 1. The van der Waals surface area contributed by atoms with Crippen molar-refractivity contribution in [3.63, 3.8) is 0 Å². The summed E-state index contributed by atoms with van der Waals surface area (Å²) in [6.45, 7) is 7.06. The molecule has 0 aliphatic carbocycles. The molecule has 1 N–H and O–H groups in total. The minimum absolute atomic E-state index is 0.479. The van der Waals surface area contributed by atoms with Crippen LogP contribution in [0.5, 0.6) is 0 Å². The van der Waals surface area contributed by atoms with Crippen LogP contribution in [0.15, 0.2) is 40.8 Å². The van der Waals surface area contributed by atoms with Crippen LogP contribution in [0.4, 0.5) is 5.69 Å². The Morgan fingerprint density at radius 1 is 1.14 bits per heavy atom. The highest BCUT2D eigenvalue weighted by Crippen LogP contribution is 2.28. The molecule has 112 valence electrons. The van der Waals surface area contributed by atoms with Crippen LogP contribution in [0.3, 0.4) is 0 Å². The molecule has 0 atom stereocenters. The van der Waals surface area contributed by atoms with E-state index < -0.39 is 0 Å². The lowest BCUT2D eigenvalue weighted by Crippen LogP contribution is -2.28. The molecule has 0 saturated heterocycles. The molecule has 0 unspecified atom stereocenters. The highest BCUT2D eigenvalue weighted by Gasteiger charge is 2.17. The van der Waals surface area contributed by atoms with Crippen molar-refractivity contribution < 1.29 is 4.42 Å². The third-order valence-corrected chi connectivity index (χ3v) is 3.95. The van der Waals surface area contributed by atoms with E-state index in [1.165, 1.54) is 24.1 Å². The molecule has 2 aromatic rings. The van der Waals surface area contributed by atoms with Gasteiger partial charge in [0.25, 0.3) is 0 Å². The van der Waals surface area contributed by atoms with E-state index in [9.17, 15) is 0 Å². The Balaban J connectivity index is 1.67. The van der Waals surface area contributed by atoms with Crippen molar-refractivity contribution in [3.05, 3.63) is 53.5 Å². The standard InChI is InChI=1S/C18H24N2O/c1-14(2)19-12-16-9-10-17(21-16)13-20-11-5-7-15-6-3-4-8-18(15)20/h3-4,6,8-10,14,19H,5,7,11-13H2,1-2H3. The number of nitrogens with one attached hydrogen (secondary N) is 1. The number of furan rings is 1. The largest absolute Gasteiger partial charge is 0.463 e. The minimum atomic E-state index is 0.479. The SMILES string of the molecule is CC(C)NCc1ccc(CN2CCCc3ccccc32)o1. The first kappa shape index (κ1) is 14.2. The fourth-order valence-corrected chi connectivity index (χ4v) is 2.87. The summed E-state index contributed by atoms with van der Waals surface area (Å²) in [5.74, 6) is 2.07. The molecule has 1 aliphatic heterocycles. The van der Waals surface area contributed by atoms with Crippen molar-refractivity contribution >= 4 is 5.69 Å². The van der Waals surface area contributed by atoms with Crippen LogP contribution in [-0.4, -0.2) is 12.6 Å². The van der Waals surface area contributed by atoms with E-state index in [2.05, 4.69) is 60.5 Å². The fraction of sp³-hybridized carbons (Fsp3) is 0.444. The highest BCUT2D eigenvalue weighted by atomic mass is 16.3. The van der Waals surface area contributed by atoms with E-state index in [1.54, 1.807) is 0 Å². The van der Waals surface area contributed by atoms with Crippen molar-refractivity contribution in [3.8, 4) is 0 Å². The van der Waals surface area contributed by atoms with Gasteiger partial charge in [0.2, 0.25) is 0 Å². The molecule has 0 spiro atoms. The van der Waals surface area contributed by atoms with Crippen molar-refractivity contribution in [2.45, 2.75) is 45.8 Å². The van der Waals surface area contributed by atoms with Gasteiger partial charge in [0.1, 0.15) is 11.5 Å². The van der Waals surface area contributed by atoms with Crippen LogP contribution in [0, 0.1) is 0 Å². The van der Waals surface area contributed by atoms with Crippen LogP contribution >= 0.6 is 0 Å². The number of para-hydroxylation sites is 1. The molecule has 0 bridgehead atoms. The van der Waals surface area contributed by atoms with Gasteiger partial charge in [-0.2, -0.15) is 0 Å². The lowest BCUT2D eigenvalue weighted by molar-refractivity contribution is 0.431. The number of rotatable bonds is 5. The van der Waals surface area contributed by atoms with Gasteiger partial charge in [0, 0.05) is 18.3 Å². The first-order valence-electron chi connectivity index (χ1n) is 7.86. The summed E-state index contributed by atoms with van der Waals surface area (Å²) < 4.78 is 5.95. The Hall–Kier alpha value is -1.74. The molecule has 1 aliphatic rings. The fourth-order valence-electron chi connectivity index (χ4n) is 2.87. The topological polar surface area (TPSA) is 28.4 Å². The smallest absolute Gasteiger partial charge is 0.123 e. The number of hydrogen-bond acceptors (Lipinski definition) is 3. The second-order valence-corrected chi connectivity index (χ2v) is 6.06. The molecule has 3 nitrogen and oxygen atoms in total. The highest BCUT2D eigenvalue weighted by molar-refractivity contribution is 5.55. The van der Waals surface area contributed by atoms with E-state index in [0.717, 1.165) is 31.2 Å². The maximum Gasteiger partial charge on any atom is 0.123 e. The van der Waals surface area contributed by atoms with Gasteiger partial charge in [-0.15, -0.1) is 0 Å². The summed E-state index contributed by atoms with van der Waals surface area (Å²) in [6.07, 6.45) is 2.41. The van der Waals surface area contributed by atoms with E-state index in [-0.39, 0.29) is 0 Å². The molecule has 1 aromatic heterocycles. The number of nitrogens with zero attached hydrogens (tertiary/aromatic N) is 1. The molecule has 0 fully saturated rings. The average molecular weight is 284 g/mol. The normalized spacial score (nSPS) is 14.5. The van der Waals surface area contributed by atoms with Gasteiger partial charge in [0.05, 0.1) is 13.1 Å². The second-order valence-electron chi connectivity index (χ2n) is 6.06. The van der Waals surface area contributed by atoms with Crippen LogP contribution in [0.1, 0.15) is 37.4 Å². The first-order chi connectivity index (χ1) is 10.2. The van der Waals surface area contributed by atoms with Crippen molar-refractivity contribution in [1.82, 2.24) is 5.32 Å². The summed E-state index contributed by atoms with van der Waals surface area (Å²) in [7, 11) is 0. The molecular weight excluding hydrogens is 260 g/mol. The zero-order valence-electron chi connectivity index (χ0n) is 12.9. The Bertz CT molecular complexity index is 588. The van der Waals surface area contributed by atoms with Gasteiger partial charge < -0.3 is 14.6 Å². The lowest BCUT2D eigenvalue weighted by Gasteiger charge is -2.30. The predicted molar refractivity (Wildman–Crippen MR) is 86.5 cm³/mol. The number of aryl methyl sites for hydroxylation is 1. The van der Waals surface area contributed by atoms with Gasteiger partial charge in [-0.1, -0.05) is 32.0 Å². The van der Waals surface area contributed by atoms with Gasteiger partial charge in [-0.3, -0.25) is 0 Å². The summed E-state index contributed by atoms with van der Waals surface area (Å²) in [5.41, 5.74) is 2.82. The number of fused-ring (bicyclic) bond motifs is 1. The maximum absolute atomic E-state index is 5.95. The summed E-state index contributed by atoms with van der Waals surface area (Å²) >= 11 is 0. The quantitative estimate of drug-likeness (QED) is 0.907. The molecule has 3 heteroatoms. The maximum atomic E-state index is 5.95. The zero-order valence-corrected chi connectivity index (χ0v) is 12.9. The molecule has 3 rings (SSSR count). The number of anilines is 1. The van der Waals surface area contributed by atoms with Crippen molar-refractivity contribution in [2.75, 3.05) is 11.4 Å². The van der Waals surface area contributed by atoms with Gasteiger partial charge in [0.15, 0.2) is 0 Å². The van der Waals surface area contributed by atoms with Crippen LogP contribution in [0.25, 0.3) is 0 Å². The van der Waals surface area contributed by atoms with Crippen LogP contribution in [-0.2, 0) is 19.5 Å². The minimum Gasteiger partial charge on any atom is -0.463 e. The van der Waals surface area contributed by atoms with Crippen molar-refractivity contribution in [1.29, 1.82) is 0 Å². The van der Waals surface area contributed by atoms with E-state index in [1.807, 2.05) is 0 Å². The van der Waals surface area contributed by atoms with Crippen LogP contribution in [0.2, 0.25) is 0 Å². The molecule has 0 radical (unpaired) electrons. The van der Waals surface area contributed by atoms with Gasteiger partial charge >= 0.3 is 0 Å². The molecule has 1 aromatic carbocycles. The van der Waals surface area contributed by atoms with E-state index in [0.29, 0.717) is 6.04 Å². The third-order valence-electron chi connectivity index (χ3n) is 3.95. The van der Waals surface area contributed by atoms with E-state index in [4.69, 9.17) is 4.42 Å². The second kappa shape index (κ2) is 6.35. The molecular formula is C18H24N2O. The molecule has 21 heavy (non-hydrogen) atoms. The molecule has 2 heterocycles. The average Bonchev–Trinajstić information content (AvgIpc) is 2.93. The van der Waals surface area contributed by atoms with Crippen molar-refractivity contribution in [2.24, 2.45) is 0 Å². The Morgan fingerprint density at radius 3 is 2.81 bits per heavy atom. The molecule has 0 saturated carbocycles. The summed E-state index contributed by atoms with van der Waals surface area (Å²) in [6, 6.07) is 13.4. The van der Waals surface area contributed by atoms with Gasteiger partial charge in [-0.25, -0.2) is 0 Å². The Kier molecular flexibility index (Phi) is 4.30. The lowest BCUT2D eigenvalue weighted by atomic mass is 10.0. The third kappa shape index (κ3) is 3.48. The Morgan fingerprint density at radius 2 is 1.95 bits per heavy atom. The van der Waals surface area contributed by atoms with Crippen LogP contribution < -0.4 is 10.2 Å². The van der Waals surface area contributed by atoms with E-state index >= 15 is 0 Å². The summed E-state index contributed by atoms with van der Waals surface area (Å²) in [4.78, 5) is 2.43.